The number of nitrogens with one attached hydrogen (secondary N) is 1. The van der Waals surface area contributed by atoms with Gasteiger partial charge >= 0.3 is 15.2 Å². The van der Waals surface area contributed by atoms with E-state index in [0.717, 1.165) is 24.0 Å². The van der Waals surface area contributed by atoms with Gasteiger partial charge < -0.3 is 35.1 Å². The van der Waals surface area contributed by atoms with E-state index in [1.165, 1.54) is 6.07 Å². The van der Waals surface area contributed by atoms with Gasteiger partial charge in [-0.15, -0.1) is 0 Å². The van der Waals surface area contributed by atoms with Gasteiger partial charge in [0.2, 0.25) is 5.91 Å². The fraction of sp³-hybridized carbons (Fsp3) is 0.458. The van der Waals surface area contributed by atoms with Crippen molar-refractivity contribution >= 4 is 85.9 Å². The molecule has 7 N–H and O–H groups in total. The molecule has 2 aromatic carbocycles. The molecule has 1 amide bonds. The number of phenolic OH excluding ortho intramolecular Hbond substituents is 2. The molecule has 14 heteroatoms. The molecule has 0 fully saturated rings. The van der Waals surface area contributed by atoms with E-state index in [9.17, 15) is 43.7 Å². The molecule has 2 atom stereocenters. The second-order valence-electron chi connectivity index (χ2n) is 8.85. The average molecular weight is 589 g/mol. The third-order valence-corrected chi connectivity index (χ3v) is 10.2. The van der Waals surface area contributed by atoms with Crippen LogP contribution in [-0.4, -0.2) is 100 Å². The normalized spacial score (nSPS) is 13.2. The molecule has 10 nitrogen and oxygen atoms in total. The van der Waals surface area contributed by atoms with Gasteiger partial charge in [-0.1, -0.05) is 38.5 Å². The zero-order chi connectivity index (χ0) is 27.1. The zero-order valence-electron chi connectivity index (χ0n) is 22.3. The number of hydrogen-bond acceptors (Lipinski definition) is 5. The monoisotopic (exact) mass is 589 g/mol. The predicted octanol–water partition coefficient (Wildman–Crippen LogP) is 4.20. The number of carbonyl (C=O) groups excluding carboxylic acids is 1. The Morgan fingerprint density at radius 3 is 1.82 bits per heavy atom. The Kier molecular flexibility index (Phi) is 16.8. The fourth-order valence-corrected chi connectivity index (χ4v) is 7.07. The number of unbranched alkanes of at least 4 members (excludes halogenated alkanes) is 1. The molecule has 0 heterocycles. The molecule has 2 radical (unpaired) electrons. The molecule has 2 aromatic rings. The van der Waals surface area contributed by atoms with Crippen molar-refractivity contribution in [2.75, 3.05) is 5.32 Å². The molecule has 0 aliphatic heterocycles. The molecule has 0 aliphatic rings. The third kappa shape index (κ3) is 11.4. The van der Waals surface area contributed by atoms with Crippen molar-refractivity contribution in [3.8, 4) is 11.5 Å². The van der Waals surface area contributed by atoms with Gasteiger partial charge in [0.05, 0.1) is 5.69 Å². The Labute approximate surface area is 267 Å². The van der Waals surface area contributed by atoms with Crippen LogP contribution in [0.15, 0.2) is 42.5 Å². The zero-order valence-corrected chi connectivity index (χ0v) is 28.1. The van der Waals surface area contributed by atoms with Crippen molar-refractivity contribution in [2.24, 2.45) is 0 Å². The maximum atomic E-state index is 12.4. The van der Waals surface area contributed by atoms with Crippen LogP contribution in [-0.2, 0) is 13.9 Å². The van der Waals surface area contributed by atoms with Crippen LogP contribution in [0.2, 0.25) is 0 Å². The first-order chi connectivity index (χ1) is 16.8. The minimum atomic E-state index is -4.99. The van der Waals surface area contributed by atoms with E-state index >= 15 is 0 Å². The van der Waals surface area contributed by atoms with Crippen LogP contribution in [0.5, 0.6) is 11.5 Å². The Bertz CT molecular complexity index is 1100. The quantitative estimate of drug-likeness (QED) is 0.0778. The standard InChI is InChI=1S/C24H35NO9P2.2Na/c1-3-19(16-9-12-18(26)13-10-16)20(4-2)17-11-14-22(27)21(15-17)25-23(28)7-5-6-8-24(35(29,30)31)36(32,33)34;;/h9-15,19-20,24,26-27H,3-8H2,1-2H3,(H,25,28)(H2,29,30,31)(H2,32,33,34);;. The topological polar surface area (TPSA) is 185 Å². The van der Waals surface area contributed by atoms with Crippen LogP contribution in [0.1, 0.15) is 75.3 Å². The molecular formula is C24H35NNa2O9P2. The van der Waals surface area contributed by atoms with E-state index in [4.69, 9.17) is 0 Å². The molecule has 2 rings (SSSR count). The van der Waals surface area contributed by atoms with Crippen LogP contribution in [0.25, 0.3) is 0 Å². The van der Waals surface area contributed by atoms with Crippen molar-refractivity contribution < 1.29 is 43.7 Å². The summed E-state index contributed by atoms with van der Waals surface area (Å²) >= 11 is 0. The summed E-state index contributed by atoms with van der Waals surface area (Å²) in [4.78, 5) is 49.2. The summed E-state index contributed by atoms with van der Waals surface area (Å²) in [6.45, 7) is 4.13. The van der Waals surface area contributed by atoms with Gasteiger partial charge in [-0.25, -0.2) is 0 Å². The van der Waals surface area contributed by atoms with Crippen molar-refractivity contribution in [2.45, 2.75) is 69.6 Å². The van der Waals surface area contributed by atoms with E-state index in [2.05, 4.69) is 19.2 Å². The van der Waals surface area contributed by atoms with Crippen LogP contribution < -0.4 is 5.32 Å². The predicted molar refractivity (Wildman–Crippen MR) is 149 cm³/mol. The molecule has 0 bridgehead atoms. The van der Waals surface area contributed by atoms with Crippen molar-refractivity contribution in [3.05, 3.63) is 53.6 Å². The number of amides is 1. The summed E-state index contributed by atoms with van der Waals surface area (Å²) in [6.07, 6.45) is 1.35. The molecule has 0 aliphatic carbocycles. The Morgan fingerprint density at radius 1 is 0.816 bits per heavy atom. The number of rotatable bonds is 13. The van der Waals surface area contributed by atoms with Gasteiger partial charge in [-0.2, -0.15) is 0 Å². The molecule has 0 spiro atoms. The van der Waals surface area contributed by atoms with Gasteiger partial charge in [0.1, 0.15) is 11.5 Å². The summed E-state index contributed by atoms with van der Waals surface area (Å²) in [7, 11) is -9.97. The fourth-order valence-electron chi connectivity index (χ4n) is 4.47. The van der Waals surface area contributed by atoms with Crippen LogP contribution >= 0.6 is 15.2 Å². The third-order valence-electron chi connectivity index (χ3n) is 6.30. The minimum Gasteiger partial charge on any atom is -0.508 e. The first-order valence-electron chi connectivity index (χ1n) is 11.8. The van der Waals surface area contributed by atoms with E-state index in [1.807, 2.05) is 18.2 Å². The summed E-state index contributed by atoms with van der Waals surface area (Å²) in [5, 5.41) is 20.5. The summed E-state index contributed by atoms with van der Waals surface area (Å²) in [6, 6.07) is 12.1. The maximum Gasteiger partial charge on any atom is 0.340 e. The van der Waals surface area contributed by atoms with Crippen molar-refractivity contribution in [1.82, 2.24) is 0 Å². The van der Waals surface area contributed by atoms with Crippen LogP contribution in [0, 0.1) is 0 Å². The van der Waals surface area contributed by atoms with Gasteiger partial charge in [-0.05, 0) is 72.9 Å². The van der Waals surface area contributed by atoms with Crippen LogP contribution in [0.3, 0.4) is 0 Å². The van der Waals surface area contributed by atoms with Crippen LogP contribution in [0.4, 0.5) is 5.69 Å². The number of aromatic hydroxyl groups is 2. The molecule has 0 saturated carbocycles. The van der Waals surface area contributed by atoms with E-state index in [0.29, 0.717) is 0 Å². The Balaban J connectivity index is 0.00000684. The first kappa shape index (κ1) is 37.8. The minimum absolute atomic E-state index is 0. The number of carbonyl (C=O) groups is 1. The average Bonchev–Trinajstić information content (AvgIpc) is 2.78. The summed E-state index contributed by atoms with van der Waals surface area (Å²) in [5.41, 5.74) is 2.24. The number of hydrogen-bond donors (Lipinski definition) is 7. The largest absolute Gasteiger partial charge is 0.508 e. The summed E-state index contributed by atoms with van der Waals surface area (Å²) < 4.78 is 22.7. The SMILES string of the molecule is CCC(c1ccc(O)cc1)C(CC)c1ccc(O)c(NC(=O)CCCCC(P(=O)(O)O)P(=O)(O)O)c1.[Na].[Na]. The van der Waals surface area contributed by atoms with Gasteiger partial charge in [0.15, 0.2) is 5.40 Å². The van der Waals surface area contributed by atoms with Gasteiger partial charge in [0, 0.05) is 65.5 Å². The van der Waals surface area contributed by atoms with E-state index in [-0.39, 0.29) is 107 Å². The van der Waals surface area contributed by atoms with Gasteiger partial charge in [0.25, 0.3) is 0 Å². The summed E-state index contributed by atoms with van der Waals surface area (Å²) in [5.74, 6) is -0.115. The van der Waals surface area contributed by atoms with Crippen molar-refractivity contribution in [1.29, 1.82) is 0 Å². The number of anilines is 1. The molecule has 0 saturated heterocycles. The molecular weight excluding hydrogens is 554 g/mol. The number of benzene rings is 2. The first-order valence-corrected chi connectivity index (χ1v) is 15.2. The second-order valence-corrected chi connectivity index (χ2v) is 12.9. The second kappa shape index (κ2) is 16.9. The molecule has 202 valence electrons. The maximum absolute atomic E-state index is 12.4. The Hall–Kier alpha value is -0.190. The molecule has 38 heavy (non-hydrogen) atoms. The van der Waals surface area contributed by atoms with E-state index < -0.39 is 32.9 Å². The molecule has 2 unspecified atom stereocenters. The Morgan fingerprint density at radius 2 is 1.32 bits per heavy atom. The smallest absolute Gasteiger partial charge is 0.340 e. The van der Waals surface area contributed by atoms with Gasteiger partial charge in [-0.3, -0.25) is 13.9 Å². The number of phenols is 2. The molecule has 0 aromatic heterocycles. The van der Waals surface area contributed by atoms with E-state index in [1.54, 1.807) is 18.2 Å². The van der Waals surface area contributed by atoms with Crippen molar-refractivity contribution in [3.63, 3.8) is 0 Å².